The molecule has 1 N–H and O–H groups in total. The van der Waals surface area contributed by atoms with Crippen LogP contribution in [0.4, 0.5) is 0 Å². The lowest BCUT2D eigenvalue weighted by atomic mass is 10.2. The summed E-state index contributed by atoms with van der Waals surface area (Å²) in [5.41, 5.74) is 3.14. The van der Waals surface area contributed by atoms with Crippen LogP contribution in [0.15, 0.2) is 24.5 Å². The van der Waals surface area contributed by atoms with Crippen molar-refractivity contribution in [3.63, 3.8) is 0 Å². The van der Waals surface area contributed by atoms with Crippen molar-refractivity contribution >= 4 is 0 Å². The lowest BCUT2D eigenvalue weighted by molar-refractivity contribution is 0.669. The van der Waals surface area contributed by atoms with Gasteiger partial charge in [-0.2, -0.15) is 0 Å². The molecular weight excluding hydrogens is 174 g/mol. The largest absolute Gasteiger partial charge is 0.311 e. The molecule has 0 aliphatic rings. The number of aromatic nitrogens is 2. The Kier molecular flexibility index (Phi) is 4.26. The van der Waals surface area contributed by atoms with Crippen molar-refractivity contribution in [1.82, 2.24) is 15.3 Å². The summed E-state index contributed by atoms with van der Waals surface area (Å²) in [7, 11) is 0. The van der Waals surface area contributed by atoms with Gasteiger partial charge in [-0.25, -0.2) is 0 Å². The molecule has 14 heavy (non-hydrogen) atoms. The fourth-order valence-corrected chi connectivity index (χ4v) is 1.03. The number of hydrogen-bond donors (Lipinski definition) is 1. The van der Waals surface area contributed by atoms with E-state index in [1.807, 2.05) is 20.0 Å². The summed E-state index contributed by atoms with van der Waals surface area (Å²) in [6.45, 7) is 9.54. The van der Waals surface area contributed by atoms with Crippen LogP contribution >= 0.6 is 0 Å². The van der Waals surface area contributed by atoms with Gasteiger partial charge in [0, 0.05) is 18.9 Å². The standard InChI is InChI=1S/C11H17N3/c1-9(2)4-5-12-7-11-8-13-10(3)6-14-11/h6,8,12H,1,4-5,7H2,2-3H3. The third-order valence-electron chi connectivity index (χ3n) is 1.87. The van der Waals surface area contributed by atoms with Gasteiger partial charge in [0.25, 0.3) is 0 Å². The van der Waals surface area contributed by atoms with E-state index in [-0.39, 0.29) is 0 Å². The topological polar surface area (TPSA) is 37.8 Å². The molecule has 76 valence electrons. The first-order chi connectivity index (χ1) is 6.68. The zero-order chi connectivity index (χ0) is 10.4. The second-order valence-corrected chi connectivity index (χ2v) is 3.53. The first-order valence-corrected chi connectivity index (χ1v) is 4.81. The monoisotopic (exact) mass is 191 g/mol. The zero-order valence-electron chi connectivity index (χ0n) is 8.88. The lowest BCUT2D eigenvalue weighted by Crippen LogP contribution is -2.15. The van der Waals surface area contributed by atoms with Gasteiger partial charge in [0.1, 0.15) is 0 Å². The molecule has 0 aliphatic carbocycles. The van der Waals surface area contributed by atoms with Crippen LogP contribution in [-0.4, -0.2) is 16.5 Å². The Hall–Kier alpha value is -1.22. The molecule has 0 unspecified atom stereocenters. The third kappa shape index (κ3) is 4.14. The van der Waals surface area contributed by atoms with Gasteiger partial charge in [-0.15, -0.1) is 6.58 Å². The molecule has 0 radical (unpaired) electrons. The Labute approximate surface area is 85.3 Å². The van der Waals surface area contributed by atoms with Crippen LogP contribution in [0, 0.1) is 6.92 Å². The maximum atomic E-state index is 4.25. The molecule has 0 spiro atoms. The van der Waals surface area contributed by atoms with Crippen molar-refractivity contribution in [2.45, 2.75) is 26.8 Å². The predicted octanol–water partition coefficient (Wildman–Crippen LogP) is 1.84. The average molecular weight is 191 g/mol. The molecule has 1 heterocycles. The van der Waals surface area contributed by atoms with E-state index in [0.717, 1.165) is 30.9 Å². The number of aryl methyl sites for hydroxylation is 1. The highest BCUT2D eigenvalue weighted by Crippen LogP contribution is 1.95. The summed E-state index contributed by atoms with van der Waals surface area (Å²) in [6.07, 6.45) is 4.61. The van der Waals surface area contributed by atoms with Gasteiger partial charge in [-0.1, -0.05) is 5.57 Å². The van der Waals surface area contributed by atoms with Gasteiger partial charge >= 0.3 is 0 Å². The maximum absolute atomic E-state index is 4.25. The van der Waals surface area contributed by atoms with E-state index in [1.54, 1.807) is 6.20 Å². The normalized spacial score (nSPS) is 10.1. The average Bonchev–Trinajstić information content (AvgIpc) is 2.15. The van der Waals surface area contributed by atoms with Gasteiger partial charge in [-0.3, -0.25) is 9.97 Å². The second-order valence-electron chi connectivity index (χ2n) is 3.53. The highest BCUT2D eigenvalue weighted by atomic mass is 14.9. The summed E-state index contributed by atoms with van der Waals surface area (Å²) in [4.78, 5) is 8.42. The van der Waals surface area contributed by atoms with Gasteiger partial charge in [0.15, 0.2) is 0 Å². The van der Waals surface area contributed by atoms with E-state index in [2.05, 4.69) is 21.9 Å². The Bertz CT molecular complexity index is 290. The van der Waals surface area contributed by atoms with E-state index >= 15 is 0 Å². The summed E-state index contributed by atoms with van der Waals surface area (Å²) in [6, 6.07) is 0. The van der Waals surface area contributed by atoms with Gasteiger partial charge in [0.05, 0.1) is 11.4 Å². The summed E-state index contributed by atoms with van der Waals surface area (Å²) in [5, 5.41) is 3.29. The minimum Gasteiger partial charge on any atom is -0.311 e. The molecule has 3 heteroatoms. The van der Waals surface area contributed by atoms with Crippen LogP contribution in [0.3, 0.4) is 0 Å². The van der Waals surface area contributed by atoms with Crippen LogP contribution in [0.25, 0.3) is 0 Å². The lowest BCUT2D eigenvalue weighted by Gasteiger charge is -2.03. The van der Waals surface area contributed by atoms with Gasteiger partial charge in [0.2, 0.25) is 0 Å². The quantitative estimate of drug-likeness (QED) is 0.570. The minimum absolute atomic E-state index is 0.778. The molecule has 0 bridgehead atoms. The van der Waals surface area contributed by atoms with Gasteiger partial charge < -0.3 is 5.32 Å². The molecular formula is C11H17N3. The summed E-state index contributed by atoms with van der Waals surface area (Å²) < 4.78 is 0. The molecule has 0 aliphatic heterocycles. The Morgan fingerprint density at radius 3 is 2.79 bits per heavy atom. The molecule has 1 aromatic rings. The Balaban J connectivity index is 2.25. The summed E-state index contributed by atoms with van der Waals surface area (Å²) >= 11 is 0. The van der Waals surface area contributed by atoms with Crippen molar-refractivity contribution in [3.05, 3.63) is 35.9 Å². The number of rotatable bonds is 5. The van der Waals surface area contributed by atoms with Crippen molar-refractivity contribution in [3.8, 4) is 0 Å². The third-order valence-corrected chi connectivity index (χ3v) is 1.87. The number of nitrogens with one attached hydrogen (secondary N) is 1. The minimum atomic E-state index is 0.778. The fraction of sp³-hybridized carbons (Fsp3) is 0.455. The molecule has 0 saturated carbocycles. The molecule has 1 aromatic heterocycles. The van der Waals surface area contributed by atoms with Crippen LogP contribution in [0.5, 0.6) is 0 Å². The smallest absolute Gasteiger partial charge is 0.0724 e. The molecule has 0 saturated heterocycles. The molecule has 0 amide bonds. The molecule has 0 atom stereocenters. The van der Waals surface area contributed by atoms with Gasteiger partial charge in [-0.05, 0) is 26.8 Å². The van der Waals surface area contributed by atoms with E-state index < -0.39 is 0 Å². The molecule has 1 rings (SSSR count). The molecule has 0 fully saturated rings. The Morgan fingerprint density at radius 1 is 1.43 bits per heavy atom. The fourth-order valence-electron chi connectivity index (χ4n) is 1.03. The number of hydrogen-bond acceptors (Lipinski definition) is 3. The molecule has 3 nitrogen and oxygen atoms in total. The predicted molar refractivity (Wildman–Crippen MR) is 57.9 cm³/mol. The second kappa shape index (κ2) is 5.50. The van der Waals surface area contributed by atoms with Crippen molar-refractivity contribution < 1.29 is 0 Å². The maximum Gasteiger partial charge on any atom is 0.0724 e. The van der Waals surface area contributed by atoms with Crippen molar-refractivity contribution in [2.75, 3.05) is 6.54 Å². The van der Waals surface area contributed by atoms with E-state index in [0.29, 0.717) is 0 Å². The first-order valence-electron chi connectivity index (χ1n) is 4.81. The Morgan fingerprint density at radius 2 is 2.21 bits per heavy atom. The van der Waals surface area contributed by atoms with Crippen molar-refractivity contribution in [2.24, 2.45) is 0 Å². The van der Waals surface area contributed by atoms with Crippen molar-refractivity contribution in [1.29, 1.82) is 0 Å². The van der Waals surface area contributed by atoms with Crippen LogP contribution < -0.4 is 5.32 Å². The zero-order valence-corrected chi connectivity index (χ0v) is 8.88. The summed E-state index contributed by atoms with van der Waals surface area (Å²) in [5.74, 6) is 0. The SMILES string of the molecule is C=C(C)CCNCc1cnc(C)cn1. The number of nitrogens with zero attached hydrogens (tertiary/aromatic N) is 2. The van der Waals surface area contributed by atoms with E-state index in [4.69, 9.17) is 0 Å². The van der Waals surface area contributed by atoms with E-state index in [1.165, 1.54) is 5.57 Å². The first kappa shape index (κ1) is 10.9. The van der Waals surface area contributed by atoms with Crippen LogP contribution in [0.2, 0.25) is 0 Å². The van der Waals surface area contributed by atoms with E-state index in [9.17, 15) is 0 Å². The molecule has 0 aromatic carbocycles. The highest BCUT2D eigenvalue weighted by Gasteiger charge is 1.94. The van der Waals surface area contributed by atoms with Crippen LogP contribution in [-0.2, 0) is 6.54 Å². The highest BCUT2D eigenvalue weighted by molar-refractivity contribution is 5.00. The van der Waals surface area contributed by atoms with Crippen LogP contribution in [0.1, 0.15) is 24.7 Å².